The number of amides is 1. The molecule has 1 amide bonds. The largest absolute Gasteiger partial charge is 0.493 e. The lowest BCUT2D eigenvalue weighted by Crippen LogP contribution is -2.14. The molecule has 0 saturated heterocycles. The Hall–Kier alpha value is -2.94. The molecule has 0 heterocycles. The molecule has 7 nitrogen and oxygen atoms in total. The van der Waals surface area contributed by atoms with Gasteiger partial charge in [-0.05, 0) is 60.5 Å². The summed E-state index contributed by atoms with van der Waals surface area (Å²) in [5, 5.41) is 3.11. The van der Waals surface area contributed by atoms with Gasteiger partial charge in [-0.25, -0.2) is 8.42 Å². The molecular formula is C23H22Cl2N2O5S. The van der Waals surface area contributed by atoms with Crippen LogP contribution >= 0.6 is 23.2 Å². The number of nitrogens with one attached hydrogen (secondary N) is 2. The summed E-state index contributed by atoms with van der Waals surface area (Å²) in [5.41, 5.74) is 1.58. The fraction of sp³-hybridized carbons (Fsp3) is 0.174. The Morgan fingerprint density at radius 3 is 2.30 bits per heavy atom. The Kier molecular flexibility index (Phi) is 8.07. The van der Waals surface area contributed by atoms with Crippen LogP contribution in [0.2, 0.25) is 10.0 Å². The average molecular weight is 509 g/mol. The van der Waals surface area contributed by atoms with Crippen LogP contribution in [0.4, 0.5) is 11.4 Å². The van der Waals surface area contributed by atoms with Crippen LogP contribution in [0.25, 0.3) is 0 Å². The number of anilines is 2. The lowest BCUT2D eigenvalue weighted by molar-refractivity contribution is -0.116. The van der Waals surface area contributed by atoms with E-state index in [1.807, 2.05) is 12.1 Å². The molecule has 0 saturated carbocycles. The van der Waals surface area contributed by atoms with Crippen LogP contribution in [-0.2, 0) is 21.2 Å². The number of carbonyl (C=O) groups excluding carboxylic acids is 1. The van der Waals surface area contributed by atoms with Crippen molar-refractivity contribution in [3.05, 3.63) is 76.3 Å². The van der Waals surface area contributed by atoms with E-state index >= 15 is 0 Å². The van der Waals surface area contributed by atoms with Crippen LogP contribution in [0.1, 0.15) is 12.0 Å². The Balaban J connectivity index is 1.61. The number of sulfonamides is 1. The van der Waals surface area contributed by atoms with E-state index in [1.165, 1.54) is 30.3 Å². The monoisotopic (exact) mass is 508 g/mol. The van der Waals surface area contributed by atoms with Gasteiger partial charge in [0.1, 0.15) is 0 Å². The number of aryl methyl sites for hydroxylation is 1. The highest BCUT2D eigenvalue weighted by molar-refractivity contribution is 7.92. The standard InChI is InChI=1S/C23H22Cl2N2O5S/c1-31-20-12-6-15(14-21(20)32-2)7-13-22(28)26-16-8-10-17(11-9-16)33(29,30)27-19-5-3-4-18(24)23(19)25/h3-6,8-12,14,27H,7,13H2,1-2H3,(H,26,28). The maximum atomic E-state index is 12.6. The van der Waals surface area contributed by atoms with Gasteiger partial charge in [-0.3, -0.25) is 9.52 Å². The molecule has 0 aliphatic carbocycles. The maximum absolute atomic E-state index is 12.6. The van der Waals surface area contributed by atoms with E-state index in [9.17, 15) is 13.2 Å². The van der Waals surface area contributed by atoms with Crippen molar-refractivity contribution in [3.8, 4) is 11.5 Å². The van der Waals surface area contributed by atoms with Gasteiger partial charge in [0.25, 0.3) is 10.0 Å². The molecule has 3 rings (SSSR count). The van der Waals surface area contributed by atoms with Gasteiger partial charge in [0.05, 0.1) is 34.8 Å². The lowest BCUT2D eigenvalue weighted by atomic mass is 10.1. The molecule has 0 spiro atoms. The first-order valence-electron chi connectivity index (χ1n) is 9.81. The highest BCUT2D eigenvalue weighted by Gasteiger charge is 2.17. The second kappa shape index (κ2) is 10.8. The minimum atomic E-state index is -3.88. The van der Waals surface area contributed by atoms with Crippen LogP contribution in [0.5, 0.6) is 11.5 Å². The van der Waals surface area contributed by atoms with E-state index in [0.29, 0.717) is 23.6 Å². The molecule has 2 N–H and O–H groups in total. The van der Waals surface area contributed by atoms with E-state index < -0.39 is 10.0 Å². The van der Waals surface area contributed by atoms with E-state index in [-0.39, 0.29) is 33.0 Å². The summed E-state index contributed by atoms with van der Waals surface area (Å²) in [5.74, 6) is 1.01. The molecule has 0 atom stereocenters. The Morgan fingerprint density at radius 2 is 1.64 bits per heavy atom. The minimum absolute atomic E-state index is 0.0156. The van der Waals surface area contributed by atoms with Gasteiger partial charge in [-0.2, -0.15) is 0 Å². The number of methoxy groups -OCH3 is 2. The molecule has 10 heteroatoms. The van der Waals surface area contributed by atoms with Crippen molar-refractivity contribution < 1.29 is 22.7 Å². The molecule has 174 valence electrons. The minimum Gasteiger partial charge on any atom is -0.493 e. The Bertz CT molecular complexity index is 1250. The zero-order valence-corrected chi connectivity index (χ0v) is 20.2. The quantitative estimate of drug-likeness (QED) is 0.404. The summed E-state index contributed by atoms with van der Waals surface area (Å²) < 4.78 is 38.2. The smallest absolute Gasteiger partial charge is 0.261 e. The van der Waals surface area contributed by atoms with Gasteiger partial charge >= 0.3 is 0 Å². The lowest BCUT2D eigenvalue weighted by Gasteiger charge is -2.11. The fourth-order valence-corrected chi connectivity index (χ4v) is 4.50. The van der Waals surface area contributed by atoms with Crippen molar-refractivity contribution in [2.75, 3.05) is 24.3 Å². The molecule has 0 aromatic heterocycles. The summed E-state index contributed by atoms with van der Waals surface area (Å²) >= 11 is 12.0. The average Bonchev–Trinajstić information content (AvgIpc) is 2.80. The van der Waals surface area contributed by atoms with Crippen molar-refractivity contribution >= 4 is 50.5 Å². The van der Waals surface area contributed by atoms with Gasteiger partial charge in [0.2, 0.25) is 5.91 Å². The first-order chi connectivity index (χ1) is 15.7. The first-order valence-corrected chi connectivity index (χ1v) is 12.0. The van der Waals surface area contributed by atoms with E-state index in [2.05, 4.69) is 10.0 Å². The third-order valence-corrected chi connectivity index (χ3v) is 6.93. The summed E-state index contributed by atoms with van der Waals surface area (Å²) in [6, 6.07) is 16.0. The van der Waals surface area contributed by atoms with Gasteiger partial charge in [-0.15, -0.1) is 0 Å². The predicted molar refractivity (Wildman–Crippen MR) is 130 cm³/mol. The molecule has 0 bridgehead atoms. The number of rotatable bonds is 9. The second-order valence-corrected chi connectivity index (χ2v) is 9.44. The van der Waals surface area contributed by atoms with Crippen molar-refractivity contribution in [1.82, 2.24) is 0 Å². The normalized spacial score (nSPS) is 11.0. The molecular weight excluding hydrogens is 487 g/mol. The number of benzene rings is 3. The van der Waals surface area contributed by atoms with Gasteiger partial charge in [0, 0.05) is 12.1 Å². The molecule has 0 radical (unpaired) electrons. The van der Waals surface area contributed by atoms with Crippen LogP contribution in [0.15, 0.2) is 65.6 Å². The van der Waals surface area contributed by atoms with Crippen molar-refractivity contribution in [2.45, 2.75) is 17.7 Å². The fourth-order valence-electron chi connectivity index (χ4n) is 3.02. The van der Waals surface area contributed by atoms with E-state index in [0.717, 1.165) is 5.56 Å². The molecule has 0 fully saturated rings. The molecule has 3 aromatic rings. The molecule has 3 aromatic carbocycles. The Labute approximate surface area is 202 Å². The summed E-state index contributed by atoms with van der Waals surface area (Å²) in [6.45, 7) is 0. The van der Waals surface area contributed by atoms with Crippen molar-refractivity contribution in [1.29, 1.82) is 0 Å². The second-order valence-electron chi connectivity index (χ2n) is 6.97. The van der Waals surface area contributed by atoms with Crippen LogP contribution in [0.3, 0.4) is 0 Å². The van der Waals surface area contributed by atoms with E-state index in [4.69, 9.17) is 32.7 Å². The molecule has 33 heavy (non-hydrogen) atoms. The third-order valence-electron chi connectivity index (χ3n) is 4.73. The summed E-state index contributed by atoms with van der Waals surface area (Å²) in [4.78, 5) is 12.3. The highest BCUT2D eigenvalue weighted by atomic mass is 35.5. The van der Waals surface area contributed by atoms with Gasteiger partial charge < -0.3 is 14.8 Å². The number of hydrogen-bond acceptors (Lipinski definition) is 5. The van der Waals surface area contributed by atoms with Gasteiger partial charge in [0.15, 0.2) is 11.5 Å². The summed E-state index contributed by atoms with van der Waals surface area (Å²) in [7, 11) is -0.772. The number of halogens is 2. The number of ether oxygens (including phenoxy) is 2. The number of hydrogen-bond donors (Lipinski definition) is 2. The van der Waals surface area contributed by atoms with Crippen molar-refractivity contribution in [3.63, 3.8) is 0 Å². The summed E-state index contributed by atoms with van der Waals surface area (Å²) in [6.07, 6.45) is 0.743. The Morgan fingerprint density at radius 1 is 0.939 bits per heavy atom. The van der Waals surface area contributed by atoms with Crippen LogP contribution in [0, 0.1) is 0 Å². The van der Waals surface area contributed by atoms with Crippen molar-refractivity contribution in [2.24, 2.45) is 0 Å². The zero-order chi connectivity index (χ0) is 24.0. The third kappa shape index (κ3) is 6.31. The van der Waals surface area contributed by atoms with Crippen LogP contribution < -0.4 is 19.5 Å². The first kappa shape index (κ1) is 24.7. The predicted octanol–water partition coefficient (Wildman–Crippen LogP) is 5.38. The molecule has 0 aliphatic rings. The molecule has 0 unspecified atom stereocenters. The molecule has 0 aliphatic heterocycles. The SMILES string of the molecule is COc1ccc(CCC(=O)Nc2ccc(S(=O)(=O)Nc3cccc(Cl)c3Cl)cc2)cc1OC. The van der Waals surface area contributed by atoms with Gasteiger partial charge in [-0.1, -0.05) is 35.3 Å². The van der Waals surface area contributed by atoms with Crippen LogP contribution in [-0.4, -0.2) is 28.5 Å². The number of carbonyl (C=O) groups is 1. The maximum Gasteiger partial charge on any atom is 0.261 e. The van der Waals surface area contributed by atoms with E-state index in [1.54, 1.807) is 32.4 Å². The topological polar surface area (TPSA) is 93.7 Å². The highest BCUT2D eigenvalue weighted by Crippen LogP contribution is 2.31. The zero-order valence-electron chi connectivity index (χ0n) is 17.9.